The molecule has 0 aliphatic carbocycles. The quantitative estimate of drug-likeness (QED) is 0.828. The van der Waals surface area contributed by atoms with Crippen LogP contribution in [0, 0.1) is 13.8 Å². The van der Waals surface area contributed by atoms with Crippen LogP contribution in [0.1, 0.15) is 11.1 Å². The SMILES string of the molecule is CNC(=S)Nc1cc(S(=O)(=O)N(C)C)cc(C)c1C. The Balaban J connectivity index is 3.36. The van der Waals surface area contributed by atoms with E-state index in [4.69, 9.17) is 12.2 Å². The summed E-state index contributed by atoms with van der Waals surface area (Å²) in [7, 11) is 1.27. The molecule has 0 saturated carbocycles. The average Bonchev–Trinajstić information content (AvgIpc) is 2.33. The van der Waals surface area contributed by atoms with Gasteiger partial charge in [-0.25, -0.2) is 12.7 Å². The van der Waals surface area contributed by atoms with E-state index in [0.29, 0.717) is 10.8 Å². The molecule has 106 valence electrons. The highest BCUT2D eigenvalue weighted by Crippen LogP contribution is 2.25. The van der Waals surface area contributed by atoms with Gasteiger partial charge in [0.2, 0.25) is 10.0 Å². The van der Waals surface area contributed by atoms with E-state index in [0.717, 1.165) is 11.1 Å². The van der Waals surface area contributed by atoms with Crippen LogP contribution >= 0.6 is 12.2 Å². The van der Waals surface area contributed by atoms with E-state index in [9.17, 15) is 8.42 Å². The van der Waals surface area contributed by atoms with Crippen molar-refractivity contribution in [1.29, 1.82) is 0 Å². The van der Waals surface area contributed by atoms with Crippen molar-refractivity contribution in [2.45, 2.75) is 18.7 Å². The molecular weight excluding hydrogens is 282 g/mol. The van der Waals surface area contributed by atoms with Gasteiger partial charge in [0.25, 0.3) is 0 Å². The molecular formula is C12H19N3O2S2. The van der Waals surface area contributed by atoms with Gasteiger partial charge in [0.15, 0.2) is 5.11 Å². The fourth-order valence-electron chi connectivity index (χ4n) is 1.50. The van der Waals surface area contributed by atoms with Crippen molar-refractivity contribution in [3.8, 4) is 0 Å². The molecule has 0 bridgehead atoms. The number of hydrogen-bond acceptors (Lipinski definition) is 3. The molecule has 2 N–H and O–H groups in total. The Morgan fingerprint density at radius 3 is 2.32 bits per heavy atom. The highest BCUT2D eigenvalue weighted by atomic mass is 32.2. The molecule has 0 fully saturated rings. The fraction of sp³-hybridized carbons (Fsp3) is 0.417. The van der Waals surface area contributed by atoms with Gasteiger partial charge in [-0.15, -0.1) is 0 Å². The Morgan fingerprint density at radius 1 is 1.26 bits per heavy atom. The van der Waals surface area contributed by atoms with Crippen molar-refractivity contribution in [2.24, 2.45) is 0 Å². The second kappa shape index (κ2) is 5.85. The van der Waals surface area contributed by atoms with E-state index in [1.807, 2.05) is 13.8 Å². The van der Waals surface area contributed by atoms with Crippen LogP contribution in [-0.4, -0.2) is 39.0 Å². The van der Waals surface area contributed by atoms with Crippen molar-refractivity contribution >= 4 is 33.0 Å². The minimum absolute atomic E-state index is 0.252. The Hall–Kier alpha value is -1.18. The molecule has 0 spiro atoms. The first-order valence-corrected chi connectivity index (χ1v) is 7.57. The molecule has 1 aromatic carbocycles. The Kier molecular flexibility index (Phi) is 4.89. The molecule has 0 atom stereocenters. The molecule has 0 aromatic heterocycles. The first-order valence-electron chi connectivity index (χ1n) is 5.72. The van der Waals surface area contributed by atoms with Gasteiger partial charge in [0.05, 0.1) is 4.90 Å². The summed E-state index contributed by atoms with van der Waals surface area (Å²) in [6, 6.07) is 3.26. The molecule has 0 unspecified atom stereocenters. The molecule has 0 saturated heterocycles. The van der Waals surface area contributed by atoms with Gasteiger partial charge in [0.1, 0.15) is 0 Å². The molecule has 0 radical (unpaired) electrons. The van der Waals surface area contributed by atoms with Gasteiger partial charge in [-0.1, -0.05) is 0 Å². The summed E-state index contributed by atoms with van der Waals surface area (Å²) in [6.07, 6.45) is 0. The number of rotatable bonds is 3. The smallest absolute Gasteiger partial charge is 0.242 e. The van der Waals surface area contributed by atoms with Crippen molar-refractivity contribution in [3.05, 3.63) is 23.3 Å². The zero-order valence-corrected chi connectivity index (χ0v) is 13.4. The third kappa shape index (κ3) is 3.43. The first-order chi connectivity index (χ1) is 8.70. The lowest BCUT2D eigenvalue weighted by Gasteiger charge is -2.17. The topological polar surface area (TPSA) is 61.4 Å². The van der Waals surface area contributed by atoms with Gasteiger partial charge < -0.3 is 10.6 Å². The maximum absolute atomic E-state index is 12.2. The van der Waals surface area contributed by atoms with Crippen LogP contribution in [0.5, 0.6) is 0 Å². The number of nitrogens with one attached hydrogen (secondary N) is 2. The third-order valence-electron chi connectivity index (χ3n) is 2.89. The van der Waals surface area contributed by atoms with E-state index >= 15 is 0 Å². The van der Waals surface area contributed by atoms with E-state index in [-0.39, 0.29) is 4.90 Å². The molecule has 7 heteroatoms. The fourth-order valence-corrected chi connectivity index (χ4v) is 2.62. The van der Waals surface area contributed by atoms with Gasteiger partial charge in [-0.3, -0.25) is 0 Å². The lowest BCUT2D eigenvalue weighted by atomic mass is 10.1. The van der Waals surface area contributed by atoms with E-state index in [1.165, 1.54) is 18.4 Å². The standard InChI is InChI=1S/C12H19N3O2S2/c1-8-6-10(19(16,17)15(4)5)7-11(9(8)2)14-12(18)13-3/h6-7H,1-5H3,(H2,13,14,18). The van der Waals surface area contributed by atoms with Crippen LogP contribution in [-0.2, 0) is 10.0 Å². The number of benzene rings is 1. The normalized spacial score (nSPS) is 11.5. The minimum Gasteiger partial charge on any atom is -0.366 e. The zero-order chi connectivity index (χ0) is 14.8. The summed E-state index contributed by atoms with van der Waals surface area (Å²) < 4.78 is 25.5. The highest BCUT2D eigenvalue weighted by Gasteiger charge is 2.19. The molecule has 0 amide bonds. The van der Waals surface area contributed by atoms with Gasteiger partial charge in [-0.05, 0) is 49.3 Å². The third-order valence-corrected chi connectivity index (χ3v) is 4.99. The molecule has 0 heterocycles. The maximum atomic E-state index is 12.2. The Bertz CT molecular complexity index is 595. The van der Waals surface area contributed by atoms with E-state index < -0.39 is 10.0 Å². The summed E-state index contributed by atoms with van der Waals surface area (Å²) in [5.74, 6) is 0. The zero-order valence-electron chi connectivity index (χ0n) is 11.7. The summed E-state index contributed by atoms with van der Waals surface area (Å²) in [5, 5.41) is 6.24. The lowest BCUT2D eigenvalue weighted by molar-refractivity contribution is 0.520. The number of anilines is 1. The van der Waals surface area contributed by atoms with Crippen LogP contribution in [0.15, 0.2) is 17.0 Å². The molecule has 1 rings (SSSR count). The Morgan fingerprint density at radius 2 is 1.84 bits per heavy atom. The minimum atomic E-state index is -3.45. The number of hydrogen-bond donors (Lipinski definition) is 2. The molecule has 0 aliphatic rings. The number of thiocarbonyl (C=S) groups is 1. The van der Waals surface area contributed by atoms with Crippen molar-refractivity contribution in [3.63, 3.8) is 0 Å². The molecule has 0 aliphatic heterocycles. The van der Waals surface area contributed by atoms with E-state index in [1.54, 1.807) is 19.2 Å². The van der Waals surface area contributed by atoms with Gasteiger partial charge >= 0.3 is 0 Å². The summed E-state index contributed by atoms with van der Waals surface area (Å²) in [6.45, 7) is 3.79. The second-order valence-corrected chi connectivity index (χ2v) is 6.96. The number of sulfonamides is 1. The number of aryl methyl sites for hydroxylation is 1. The van der Waals surface area contributed by atoms with Crippen LogP contribution in [0.2, 0.25) is 0 Å². The summed E-state index contributed by atoms with van der Waals surface area (Å²) in [5.41, 5.74) is 2.56. The van der Waals surface area contributed by atoms with Crippen molar-refractivity contribution in [1.82, 2.24) is 9.62 Å². The lowest BCUT2D eigenvalue weighted by Crippen LogP contribution is -2.26. The Labute approximate surface area is 120 Å². The predicted octanol–water partition coefficient (Wildman–Crippen LogP) is 1.47. The molecule has 5 nitrogen and oxygen atoms in total. The van der Waals surface area contributed by atoms with Crippen molar-refractivity contribution in [2.75, 3.05) is 26.5 Å². The first kappa shape index (κ1) is 15.9. The maximum Gasteiger partial charge on any atom is 0.242 e. The number of nitrogens with zero attached hydrogens (tertiary/aromatic N) is 1. The van der Waals surface area contributed by atoms with Crippen LogP contribution in [0.25, 0.3) is 0 Å². The average molecular weight is 301 g/mol. The van der Waals surface area contributed by atoms with Crippen LogP contribution in [0.3, 0.4) is 0 Å². The van der Waals surface area contributed by atoms with Crippen LogP contribution < -0.4 is 10.6 Å². The van der Waals surface area contributed by atoms with Gasteiger partial charge in [-0.2, -0.15) is 0 Å². The monoisotopic (exact) mass is 301 g/mol. The predicted molar refractivity (Wildman–Crippen MR) is 82.1 cm³/mol. The highest BCUT2D eigenvalue weighted by molar-refractivity contribution is 7.89. The molecule has 1 aromatic rings. The van der Waals surface area contributed by atoms with Crippen LogP contribution in [0.4, 0.5) is 5.69 Å². The molecule has 19 heavy (non-hydrogen) atoms. The van der Waals surface area contributed by atoms with Gasteiger partial charge in [0, 0.05) is 26.8 Å². The van der Waals surface area contributed by atoms with Crippen molar-refractivity contribution < 1.29 is 8.42 Å². The van der Waals surface area contributed by atoms with E-state index in [2.05, 4.69) is 10.6 Å². The largest absolute Gasteiger partial charge is 0.366 e. The summed E-state index contributed by atoms with van der Waals surface area (Å²) in [4.78, 5) is 0.252. The summed E-state index contributed by atoms with van der Waals surface area (Å²) >= 11 is 5.05. The second-order valence-electron chi connectivity index (χ2n) is 4.40.